The average molecular weight is 218 g/mol. The molecule has 3 heteroatoms. The number of aliphatic hydroxyl groups is 2. The van der Waals surface area contributed by atoms with Crippen LogP contribution in [0.4, 0.5) is 0 Å². The van der Waals surface area contributed by atoms with Crippen molar-refractivity contribution in [2.24, 2.45) is 0 Å². The zero-order chi connectivity index (χ0) is 11.4. The molecule has 0 heterocycles. The van der Waals surface area contributed by atoms with E-state index in [9.17, 15) is 10.2 Å². The van der Waals surface area contributed by atoms with Crippen LogP contribution in [-0.2, 0) is 0 Å². The summed E-state index contributed by atoms with van der Waals surface area (Å²) in [6.45, 7) is 10.5. The fraction of sp³-hybridized carbons (Fsp3) is 1.00. The summed E-state index contributed by atoms with van der Waals surface area (Å²) in [5, 5.41) is 19.8. The quantitative estimate of drug-likeness (QED) is 0.673. The summed E-state index contributed by atoms with van der Waals surface area (Å²) in [6, 6.07) is 0. The highest BCUT2D eigenvalue weighted by atomic mass is 28.3. The third kappa shape index (κ3) is 3.07. The Kier molecular flexibility index (Phi) is 5.34. The van der Waals surface area contributed by atoms with Gasteiger partial charge in [0.05, 0.1) is 19.4 Å². The lowest BCUT2D eigenvalue weighted by Gasteiger charge is -2.42. The first kappa shape index (κ1) is 14.1. The van der Waals surface area contributed by atoms with Gasteiger partial charge in [-0.3, -0.25) is 0 Å². The molecule has 2 atom stereocenters. The molecule has 0 saturated heterocycles. The normalized spacial score (nSPS) is 19.1. The summed E-state index contributed by atoms with van der Waals surface area (Å²) in [4.78, 5) is 0. The predicted molar refractivity (Wildman–Crippen MR) is 64.1 cm³/mol. The fourth-order valence-corrected chi connectivity index (χ4v) is 4.08. The minimum absolute atomic E-state index is 0.542. The van der Waals surface area contributed by atoms with E-state index < -0.39 is 19.4 Å². The lowest BCUT2D eigenvalue weighted by molar-refractivity contribution is -0.0318. The van der Waals surface area contributed by atoms with E-state index in [1.807, 2.05) is 6.92 Å². The largest absolute Gasteiger partial charge is 0.391 e. The highest BCUT2D eigenvalue weighted by molar-refractivity contribution is 6.79. The van der Waals surface area contributed by atoms with Gasteiger partial charge in [-0.15, -0.1) is 0 Å². The molecule has 0 aliphatic heterocycles. The van der Waals surface area contributed by atoms with Gasteiger partial charge >= 0.3 is 0 Å². The van der Waals surface area contributed by atoms with E-state index in [1.54, 1.807) is 0 Å². The molecule has 14 heavy (non-hydrogen) atoms. The third-order valence-electron chi connectivity index (χ3n) is 3.04. The molecule has 2 N–H and O–H groups in total. The van der Waals surface area contributed by atoms with Crippen molar-refractivity contribution >= 4 is 8.07 Å². The summed E-state index contributed by atoms with van der Waals surface area (Å²) in [7, 11) is -1.73. The molecule has 0 rings (SSSR count). The molecule has 86 valence electrons. The Bertz CT molecular complexity index is 165. The van der Waals surface area contributed by atoms with Gasteiger partial charge in [0.15, 0.2) is 0 Å². The first-order valence-electron chi connectivity index (χ1n) is 5.70. The average Bonchev–Trinajstić information content (AvgIpc) is 2.03. The molecule has 0 aliphatic carbocycles. The van der Waals surface area contributed by atoms with Gasteiger partial charge in [0, 0.05) is 0 Å². The number of aliphatic hydroxyl groups excluding tert-OH is 1. The molecule has 0 bridgehead atoms. The maximum absolute atomic E-state index is 10.6. The van der Waals surface area contributed by atoms with E-state index in [0.717, 1.165) is 19.3 Å². The van der Waals surface area contributed by atoms with Crippen molar-refractivity contribution in [2.75, 3.05) is 0 Å². The molecule has 0 amide bonds. The molecule has 0 unspecified atom stereocenters. The summed E-state index contributed by atoms with van der Waals surface area (Å²) < 4.78 is 0. The molecule has 0 fully saturated rings. The Morgan fingerprint density at radius 2 is 1.64 bits per heavy atom. The maximum Gasteiger partial charge on any atom is 0.0854 e. The maximum atomic E-state index is 10.6. The van der Waals surface area contributed by atoms with Gasteiger partial charge in [-0.1, -0.05) is 46.3 Å². The minimum Gasteiger partial charge on any atom is -0.391 e. The van der Waals surface area contributed by atoms with Gasteiger partial charge in [-0.25, -0.2) is 0 Å². The molecule has 2 nitrogen and oxygen atoms in total. The van der Waals surface area contributed by atoms with Crippen molar-refractivity contribution in [1.29, 1.82) is 0 Å². The van der Waals surface area contributed by atoms with Crippen molar-refractivity contribution in [2.45, 2.75) is 70.5 Å². The van der Waals surface area contributed by atoms with Crippen molar-refractivity contribution in [3.8, 4) is 0 Å². The van der Waals surface area contributed by atoms with Gasteiger partial charge in [0.25, 0.3) is 0 Å². The SMILES string of the molecule is CCC[C@H](O)[C@@](O)(CCC)[Si](C)(C)C. The highest BCUT2D eigenvalue weighted by Gasteiger charge is 2.45. The zero-order valence-corrected chi connectivity index (χ0v) is 11.3. The molecule has 0 aromatic carbocycles. The van der Waals surface area contributed by atoms with Crippen molar-refractivity contribution in [3.05, 3.63) is 0 Å². The summed E-state index contributed by atoms with van der Waals surface area (Å²) in [6.07, 6.45) is 2.75. The molecule has 0 saturated carbocycles. The summed E-state index contributed by atoms with van der Waals surface area (Å²) >= 11 is 0. The van der Waals surface area contributed by atoms with E-state index in [0.29, 0.717) is 6.42 Å². The van der Waals surface area contributed by atoms with Crippen LogP contribution in [0.15, 0.2) is 0 Å². The topological polar surface area (TPSA) is 40.5 Å². The van der Waals surface area contributed by atoms with Crippen LogP contribution in [0.2, 0.25) is 19.6 Å². The van der Waals surface area contributed by atoms with E-state index >= 15 is 0 Å². The van der Waals surface area contributed by atoms with Crippen LogP contribution in [0.5, 0.6) is 0 Å². The van der Waals surface area contributed by atoms with Gasteiger partial charge in [-0.05, 0) is 12.8 Å². The van der Waals surface area contributed by atoms with E-state index in [1.165, 1.54) is 0 Å². The summed E-state index contributed by atoms with van der Waals surface area (Å²) in [5.74, 6) is 0. The molecular formula is C11H26O2Si. The number of hydrogen-bond donors (Lipinski definition) is 2. The molecule has 0 radical (unpaired) electrons. The number of rotatable bonds is 6. The second-order valence-corrected chi connectivity index (χ2v) is 10.6. The smallest absolute Gasteiger partial charge is 0.0854 e. The Hall–Kier alpha value is 0.137. The molecule has 0 aromatic heterocycles. The molecular weight excluding hydrogens is 192 g/mol. The van der Waals surface area contributed by atoms with Crippen LogP contribution in [0.25, 0.3) is 0 Å². The van der Waals surface area contributed by atoms with E-state index in [2.05, 4.69) is 26.6 Å². The first-order chi connectivity index (χ1) is 6.29. The fourth-order valence-electron chi connectivity index (χ4n) is 1.93. The molecule has 0 aromatic rings. The third-order valence-corrected chi connectivity index (χ3v) is 6.22. The standard InChI is InChI=1S/C11H26O2Si/c1-6-8-10(12)11(13,9-7-2)14(3,4)5/h10,12-13H,6-9H2,1-5H3/t10-,11+/m0/s1. The second kappa shape index (κ2) is 5.28. The lowest BCUT2D eigenvalue weighted by atomic mass is 10.0. The summed E-state index contributed by atoms with van der Waals surface area (Å²) in [5.41, 5.74) is 0. The van der Waals surface area contributed by atoms with Gasteiger partial charge in [0.1, 0.15) is 0 Å². The minimum atomic E-state index is -1.73. The van der Waals surface area contributed by atoms with Crippen LogP contribution >= 0.6 is 0 Å². The van der Waals surface area contributed by atoms with E-state index in [4.69, 9.17) is 0 Å². The Balaban J connectivity index is 4.70. The monoisotopic (exact) mass is 218 g/mol. The molecule has 0 spiro atoms. The Morgan fingerprint density at radius 1 is 1.14 bits per heavy atom. The van der Waals surface area contributed by atoms with Gasteiger partial charge < -0.3 is 10.2 Å². The lowest BCUT2D eigenvalue weighted by Crippen LogP contribution is -2.59. The van der Waals surface area contributed by atoms with Crippen LogP contribution in [-0.4, -0.2) is 29.6 Å². The second-order valence-electron chi connectivity index (χ2n) is 5.23. The highest BCUT2D eigenvalue weighted by Crippen LogP contribution is 2.31. The van der Waals surface area contributed by atoms with E-state index in [-0.39, 0.29) is 0 Å². The first-order valence-corrected chi connectivity index (χ1v) is 9.20. The van der Waals surface area contributed by atoms with Crippen molar-refractivity contribution < 1.29 is 10.2 Å². The Labute approximate surface area is 89.4 Å². The van der Waals surface area contributed by atoms with Crippen LogP contribution in [0, 0.1) is 0 Å². The van der Waals surface area contributed by atoms with Crippen LogP contribution in [0.3, 0.4) is 0 Å². The van der Waals surface area contributed by atoms with Crippen LogP contribution < -0.4 is 0 Å². The molecule has 0 aliphatic rings. The van der Waals surface area contributed by atoms with Crippen molar-refractivity contribution in [3.63, 3.8) is 0 Å². The van der Waals surface area contributed by atoms with Crippen molar-refractivity contribution in [1.82, 2.24) is 0 Å². The Morgan fingerprint density at radius 3 is 1.93 bits per heavy atom. The predicted octanol–water partition coefficient (Wildman–Crippen LogP) is 2.56. The number of hydrogen-bond acceptors (Lipinski definition) is 2. The zero-order valence-electron chi connectivity index (χ0n) is 10.3. The van der Waals surface area contributed by atoms with Gasteiger partial charge in [-0.2, -0.15) is 0 Å². The van der Waals surface area contributed by atoms with Crippen LogP contribution in [0.1, 0.15) is 39.5 Å². The van der Waals surface area contributed by atoms with Gasteiger partial charge in [0.2, 0.25) is 0 Å².